The monoisotopic (exact) mass is 355 g/mol. The first kappa shape index (κ1) is 16.1. The number of furan rings is 1. The molecular weight excluding hydrogens is 334 g/mol. The zero-order valence-electron chi connectivity index (χ0n) is 14.2. The van der Waals surface area contributed by atoms with Crippen molar-refractivity contribution in [2.45, 2.75) is 31.7 Å². The first-order valence-corrected chi connectivity index (χ1v) is 9.47. The predicted octanol–water partition coefficient (Wildman–Crippen LogP) is 4.50. The van der Waals surface area contributed by atoms with E-state index < -0.39 is 0 Å². The van der Waals surface area contributed by atoms with Crippen molar-refractivity contribution >= 4 is 17.2 Å². The molecule has 1 unspecified atom stereocenters. The fraction of sp³-hybridized carbons (Fsp3) is 0.368. The third-order valence-corrected chi connectivity index (χ3v) is 5.79. The van der Waals surface area contributed by atoms with Gasteiger partial charge in [0.25, 0.3) is 5.91 Å². The minimum absolute atomic E-state index is 0.0726. The van der Waals surface area contributed by atoms with E-state index in [1.165, 1.54) is 23.5 Å². The van der Waals surface area contributed by atoms with Crippen molar-refractivity contribution in [1.82, 2.24) is 14.5 Å². The van der Waals surface area contributed by atoms with Gasteiger partial charge in [-0.1, -0.05) is 12.8 Å². The highest BCUT2D eigenvalue weighted by Gasteiger charge is 2.30. The van der Waals surface area contributed by atoms with Gasteiger partial charge in [0.1, 0.15) is 4.88 Å². The number of nitrogens with zero attached hydrogens (tertiary/aromatic N) is 3. The van der Waals surface area contributed by atoms with Crippen LogP contribution in [-0.4, -0.2) is 26.9 Å². The third kappa shape index (κ3) is 3.14. The van der Waals surface area contributed by atoms with Crippen LogP contribution in [0.15, 0.2) is 47.3 Å². The largest absolute Gasteiger partial charge is 0.462 e. The van der Waals surface area contributed by atoms with Crippen LogP contribution in [0.1, 0.15) is 47.1 Å². The molecule has 0 N–H and O–H groups in total. The van der Waals surface area contributed by atoms with Gasteiger partial charge in [-0.25, -0.2) is 4.98 Å². The van der Waals surface area contributed by atoms with Crippen LogP contribution in [0.4, 0.5) is 0 Å². The zero-order valence-corrected chi connectivity index (χ0v) is 15.0. The molecule has 130 valence electrons. The van der Waals surface area contributed by atoms with Gasteiger partial charge in [0.05, 0.1) is 18.5 Å². The van der Waals surface area contributed by atoms with E-state index in [0.717, 1.165) is 30.8 Å². The van der Waals surface area contributed by atoms with Crippen LogP contribution < -0.4 is 0 Å². The van der Waals surface area contributed by atoms with Crippen molar-refractivity contribution in [3.63, 3.8) is 0 Å². The van der Waals surface area contributed by atoms with Gasteiger partial charge in [0.2, 0.25) is 0 Å². The molecule has 1 fully saturated rings. The molecule has 0 aliphatic carbocycles. The maximum absolute atomic E-state index is 13.2. The molecule has 0 bridgehead atoms. The smallest absolute Gasteiger partial charge is 0.266 e. The first-order valence-electron chi connectivity index (χ1n) is 8.66. The summed E-state index contributed by atoms with van der Waals surface area (Å²) in [4.78, 5) is 20.3. The Morgan fingerprint density at radius 3 is 2.96 bits per heavy atom. The summed E-state index contributed by atoms with van der Waals surface area (Å²) in [5.74, 6) is 0.780. The number of carbonyl (C=O) groups is 1. The maximum Gasteiger partial charge on any atom is 0.266 e. The molecule has 1 aliphatic heterocycles. The van der Waals surface area contributed by atoms with Crippen molar-refractivity contribution in [2.24, 2.45) is 7.05 Å². The van der Waals surface area contributed by atoms with Crippen molar-refractivity contribution in [3.05, 3.63) is 53.5 Å². The summed E-state index contributed by atoms with van der Waals surface area (Å²) in [6.07, 6.45) is 9.73. The second-order valence-electron chi connectivity index (χ2n) is 6.41. The molecule has 0 aromatic carbocycles. The molecule has 1 saturated heterocycles. The molecule has 1 aliphatic rings. The van der Waals surface area contributed by atoms with E-state index in [1.54, 1.807) is 12.5 Å². The van der Waals surface area contributed by atoms with E-state index in [1.807, 2.05) is 36.3 Å². The van der Waals surface area contributed by atoms with Crippen molar-refractivity contribution < 1.29 is 9.21 Å². The van der Waals surface area contributed by atoms with Crippen LogP contribution in [0.3, 0.4) is 0 Å². The molecule has 25 heavy (non-hydrogen) atoms. The molecule has 1 atom stereocenters. The van der Waals surface area contributed by atoms with E-state index in [9.17, 15) is 4.79 Å². The lowest BCUT2D eigenvalue weighted by Gasteiger charge is -2.30. The normalized spacial score (nSPS) is 18.3. The Labute approximate surface area is 150 Å². The van der Waals surface area contributed by atoms with Gasteiger partial charge in [-0.3, -0.25) is 4.79 Å². The number of likely N-dealkylation sites (tertiary alicyclic amines) is 1. The molecule has 5 nitrogen and oxygen atoms in total. The SMILES string of the molecule is Cn1cccc1C1CCCCCN1C(=O)c1cnc(-c2ccco2)s1. The van der Waals surface area contributed by atoms with Crippen LogP contribution in [0.2, 0.25) is 0 Å². The van der Waals surface area contributed by atoms with E-state index in [0.29, 0.717) is 10.6 Å². The summed E-state index contributed by atoms with van der Waals surface area (Å²) < 4.78 is 7.52. The molecule has 3 aromatic rings. The van der Waals surface area contributed by atoms with Gasteiger partial charge in [-0.05, 0) is 37.1 Å². The van der Waals surface area contributed by atoms with Crippen LogP contribution in [0.5, 0.6) is 0 Å². The minimum atomic E-state index is 0.0726. The fourth-order valence-corrected chi connectivity index (χ4v) is 4.35. The highest BCUT2D eigenvalue weighted by Crippen LogP contribution is 2.33. The predicted molar refractivity (Wildman–Crippen MR) is 97.5 cm³/mol. The molecule has 3 aromatic heterocycles. The van der Waals surface area contributed by atoms with Gasteiger partial charge in [0.15, 0.2) is 10.8 Å². The van der Waals surface area contributed by atoms with Gasteiger partial charge in [0, 0.05) is 25.5 Å². The average Bonchev–Trinajstić information content (AvgIpc) is 3.33. The molecule has 0 saturated carbocycles. The Hall–Kier alpha value is -2.34. The molecular formula is C19H21N3O2S. The molecule has 4 rings (SSSR count). The molecule has 1 amide bonds. The van der Waals surface area contributed by atoms with Crippen LogP contribution in [-0.2, 0) is 7.05 Å². The summed E-state index contributed by atoms with van der Waals surface area (Å²) in [5, 5.41) is 0.749. The minimum Gasteiger partial charge on any atom is -0.462 e. The summed E-state index contributed by atoms with van der Waals surface area (Å²) in [5.41, 5.74) is 1.20. The summed E-state index contributed by atoms with van der Waals surface area (Å²) in [6.45, 7) is 0.794. The Balaban J connectivity index is 1.63. The van der Waals surface area contributed by atoms with Crippen LogP contribution >= 0.6 is 11.3 Å². The number of hydrogen-bond donors (Lipinski definition) is 0. The summed E-state index contributed by atoms with van der Waals surface area (Å²) in [6, 6.07) is 8.00. The van der Waals surface area contributed by atoms with Gasteiger partial charge in [-0.15, -0.1) is 11.3 Å². The molecule has 0 radical (unpaired) electrons. The quantitative estimate of drug-likeness (QED) is 0.695. The Bertz CT molecular complexity index is 850. The molecule has 0 spiro atoms. The Morgan fingerprint density at radius 2 is 2.20 bits per heavy atom. The van der Waals surface area contributed by atoms with Gasteiger partial charge in [-0.2, -0.15) is 0 Å². The van der Waals surface area contributed by atoms with Crippen LogP contribution in [0, 0.1) is 0 Å². The lowest BCUT2D eigenvalue weighted by molar-refractivity contribution is 0.0679. The number of aromatic nitrogens is 2. The van der Waals surface area contributed by atoms with Crippen molar-refractivity contribution in [2.75, 3.05) is 6.54 Å². The molecule has 6 heteroatoms. The number of carbonyl (C=O) groups excluding carboxylic acids is 1. The Morgan fingerprint density at radius 1 is 1.28 bits per heavy atom. The number of thiazole rings is 1. The lowest BCUT2D eigenvalue weighted by Crippen LogP contribution is -2.35. The van der Waals surface area contributed by atoms with Crippen molar-refractivity contribution in [1.29, 1.82) is 0 Å². The van der Waals surface area contributed by atoms with Crippen LogP contribution in [0.25, 0.3) is 10.8 Å². The maximum atomic E-state index is 13.2. The van der Waals surface area contributed by atoms with E-state index in [2.05, 4.69) is 15.6 Å². The van der Waals surface area contributed by atoms with E-state index in [-0.39, 0.29) is 11.9 Å². The topological polar surface area (TPSA) is 51.3 Å². The van der Waals surface area contributed by atoms with E-state index >= 15 is 0 Å². The average molecular weight is 355 g/mol. The fourth-order valence-electron chi connectivity index (χ4n) is 3.51. The number of aryl methyl sites for hydroxylation is 1. The number of rotatable bonds is 3. The zero-order chi connectivity index (χ0) is 17.2. The lowest BCUT2D eigenvalue weighted by atomic mass is 10.1. The standard InChI is InChI=1S/C19H21N3O2S/c1-21-10-5-8-14(21)15-7-3-2-4-11-22(15)19(23)17-13-20-18(25-17)16-9-6-12-24-16/h5-6,8-10,12-13,15H,2-4,7,11H2,1H3. The summed E-state index contributed by atoms with van der Waals surface area (Å²) >= 11 is 1.40. The highest BCUT2D eigenvalue weighted by molar-refractivity contribution is 7.16. The van der Waals surface area contributed by atoms with E-state index in [4.69, 9.17) is 4.42 Å². The van der Waals surface area contributed by atoms with Crippen molar-refractivity contribution in [3.8, 4) is 10.8 Å². The van der Waals surface area contributed by atoms with Gasteiger partial charge < -0.3 is 13.9 Å². The molecule has 4 heterocycles. The Kier molecular flexibility index (Phi) is 4.44. The second-order valence-corrected chi connectivity index (χ2v) is 7.45. The number of amides is 1. The number of hydrogen-bond acceptors (Lipinski definition) is 4. The second kappa shape index (κ2) is 6.88. The highest BCUT2D eigenvalue weighted by atomic mass is 32.1. The third-order valence-electron chi connectivity index (χ3n) is 4.79. The first-order chi connectivity index (χ1) is 12.2. The van der Waals surface area contributed by atoms with Gasteiger partial charge >= 0.3 is 0 Å². The summed E-state index contributed by atoms with van der Waals surface area (Å²) in [7, 11) is 2.05.